The van der Waals surface area contributed by atoms with Crippen molar-refractivity contribution in [2.75, 3.05) is 0 Å². The number of ether oxygens (including phenoxy) is 2. The molecular weight excluding hydrogens is 312 g/mol. The number of aryl methyl sites for hydroxylation is 2. The molecule has 0 unspecified atom stereocenters. The molecule has 0 aromatic heterocycles. The molecule has 1 aliphatic heterocycles. The second kappa shape index (κ2) is 5.91. The molecule has 0 bridgehead atoms. The third-order valence-corrected chi connectivity index (χ3v) is 4.94. The Morgan fingerprint density at radius 1 is 1.00 bits per heavy atom. The summed E-state index contributed by atoms with van der Waals surface area (Å²) >= 11 is 0. The van der Waals surface area contributed by atoms with Crippen LogP contribution in [0.2, 0.25) is 0 Å². The van der Waals surface area contributed by atoms with E-state index < -0.39 is 5.60 Å². The van der Waals surface area contributed by atoms with Crippen LogP contribution in [-0.2, 0) is 15.8 Å². The Morgan fingerprint density at radius 3 is 2.24 bits per heavy atom. The summed E-state index contributed by atoms with van der Waals surface area (Å²) in [5.74, 6) is 1.18. The van der Waals surface area contributed by atoms with Gasteiger partial charge >= 0.3 is 5.97 Å². The summed E-state index contributed by atoms with van der Waals surface area (Å²) in [5, 5.41) is 0. The zero-order valence-corrected chi connectivity index (χ0v) is 15.9. The van der Waals surface area contributed by atoms with Crippen LogP contribution in [-0.4, -0.2) is 5.97 Å². The van der Waals surface area contributed by atoms with Gasteiger partial charge in [0.2, 0.25) is 0 Å². The maximum absolute atomic E-state index is 11.6. The first-order valence-corrected chi connectivity index (χ1v) is 8.70. The van der Waals surface area contributed by atoms with E-state index in [2.05, 4.69) is 45.9 Å². The molecule has 0 fully saturated rings. The normalized spacial score (nSPS) is 21.2. The number of carbonyl (C=O) groups is 1. The molecule has 0 saturated carbocycles. The smallest absolute Gasteiger partial charge is 0.308 e. The topological polar surface area (TPSA) is 35.5 Å². The van der Waals surface area contributed by atoms with Crippen molar-refractivity contribution in [2.24, 2.45) is 0 Å². The molecule has 0 aliphatic carbocycles. The Kier molecular flexibility index (Phi) is 4.14. The summed E-state index contributed by atoms with van der Waals surface area (Å²) in [6.07, 6.45) is 0.799. The SMILES string of the molecule is CC(=O)Oc1cc(C)ccc1[C@]1(C)CC(C)(C)c2ccc(C)cc2O1. The number of carbonyl (C=O) groups excluding carboxylic acids is 1. The molecule has 25 heavy (non-hydrogen) atoms. The minimum atomic E-state index is -0.567. The van der Waals surface area contributed by atoms with Gasteiger partial charge in [-0.05, 0) is 55.0 Å². The van der Waals surface area contributed by atoms with E-state index in [9.17, 15) is 4.79 Å². The number of rotatable bonds is 2. The summed E-state index contributed by atoms with van der Waals surface area (Å²) in [6.45, 7) is 12.0. The van der Waals surface area contributed by atoms with E-state index in [1.165, 1.54) is 18.1 Å². The van der Waals surface area contributed by atoms with E-state index in [4.69, 9.17) is 9.47 Å². The molecule has 3 rings (SSSR count). The standard InChI is InChI=1S/C22H26O3/c1-14-8-10-18(19(11-14)24-16(3)23)22(6)13-21(4,5)17-9-7-15(2)12-20(17)25-22/h7-12H,13H2,1-6H3/t22-/m0/s1. The highest BCUT2D eigenvalue weighted by molar-refractivity contribution is 5.70. The largest absolute Gasteiger partial charge is 0.482 e. The monoisotopic (exact) mass is 338 g/mol. The van der Waals surface area contributed by atoms with Crippen molar-refractivity contribution in [3.8, 4) is 11.5 Å². The molecule has 1 atom stereocenters. The highest BCUT2D eigenvalue weighted by atomic mass is 16.5. The molecule has 0 spiro atoms. The third kappa shape index (κ3) is 3.28. The Balaban J connectivity index is 2.13. The van der Waals surface area contributed by atoms with Gasteiger partial charge in [-0.15, -0.1) is 0 Å². The highest BCUT2D eigenvalue weighted by Gasteiger charge is 2.44. The van der Waals surface area contributed by atoms with Gasteiger partial charge in [0.25, 0.3) is 0 Å². The minimum Gasteiger partial charge on any atom is -0.482 e. The summed E-state index contributed by atoms with van der Waals surface area (Å²) in [5.41, 5.74) is 3.74. The fourth-order valence-electron chi connectivity index (χ4n) is 3.95. The van der Waals surface area contributed by atoms with Gasteiger partial charge in [-0.25, -0.2) is 0 Å². The van der Waals surface area contributed by atoms with Gasteiger partial charge in [-0.2, -0.15) is 0 Å². The number of esters is 1. The van der Waals surface area contributed by atoms with Crippen molar-refractivity contribution < 1.29 is 14.3 Å². The van der Waals surface area contributed by atoms with E-state index in [-0.39, 0.29) is 11.4 Å². The number of benzene rings is 2. The van der Waals surface area contributed by atoms with Crippen molar-refractivity contribution in [2.45, 2.75) is 59.0 Å². The van der Waals surface area contributed by atoms with Crippen LogP contribution in [0.5, 0.6) is 11.5 Å². The molecule has 3 nitrogen and oxygen atoms in total. The average Bonchev–Trinajstić information content (AvgIpc) is 2.44. The minimum absolute atomic E-state index is 0.0472. The van der Waals surface area contributed by atoms with Crippen molar-refractivity contribution in [1.82, 2.24) is 0 Å². The zero-order valence-electron chi connectivity index (χ0n) is 15.9. The van der Waals surface area contributed by atoms with Gasteiger partial charge in [0.1, 0.15) is 17.1 Å². The lowest BCUT2D eigenvalue weighted by Gasteiger charge is -2.45. The van der Waals surface area contributed by atoms with Crippen LogP contribution in [0.25, 0.3) is 0 Å². The first-order valence-electron chi connectivity index (χ1n) is 8.70. The quantitative estimate of drug-likeness (QED) is 0.557. The molecule has 0 amide bonds. The van der Waals surface area contributed by atoms with Gasteiger partial charge < -0.3 is 9.47 Å². The lowest BCUT2D eigenvalue weighted by atomic mass is 9.71. The van der Waals surface area contributed by atoms with Crippen LogP contribution in [0.1, 0.15) is 56.4 Å². The van der Waals surface area contributed by atoms with Crippen LogP contribution in [0, 0.1) is 13.8 Å². The Hall–Kier alpha value is -2.29. The van der Waals surface area contributed by atoms with Gasteiger partial charge in [0, 0.05) is 18.9 Å². The molecule has 2 aromatic rings. The van der Waals surface area contributed by atoms with E-state index >= 15 is 0 Å². The number of hydrogen-bond donors (Lipinski definition) is 0. The average molecular weight is 338 g/mol. The summed E-state index contributed by atoms with van der Waals surface area (Å²) in [4.78, 5) is 11.6. The number of fused-ring (bicyclic) bond motifs is 1. The molecule has 0 radical (unpaired) electrons. The summed E-state index contributed by atoms with van der Waals surface area (Å²) in [7, 11) is 0. The predicted molar refractivity (Wildman–Crippen MR) is 99.3 cm³/mol. The van der Waals surface area contributed by atoms with E-state index in [1.807, 2.05) is 25.1 Å². The maximum Gasteiger partial charge on any atom is 0.308 e. The molecule has 0 saturated heterocycles. The van der Waals surface area contributed by atoms with Gasteiger partial charge in [0.05, 0.1) is 0 Å². The second-order valence-electron chi connectivity index (χ2n) is 7.99. The molecule has 2 aromatic carbocycles. The van der Waals surface area contributed by atoms with E-state index in [0.717, 1.165) is 23.3 Å². The summed E-state index contributed by atoms with van der Waals surface area (Å²) in [6, 6.07) is 12.3. The Bertz CT molecular complexity index is 835. The van der Waals surface area contributed by atoms with Crippen LogP contribution >= 0.6 is 0 Å². The second-order valence-corrected chi connectivity index (χ2v) is 7.99. The van der Waals surface area contributed by atoms with E-state index in [0.29, 0.717) is 5.75 Å². The molecule has 1 heterocycles. The fraction of sp³-hybridized carbons (Fsp3) is 0.409. The van der Waals surface area contributed by atoms with Crippen molar-refractivity contribution in [1.29, 1.82) is 0 Å². The van der Waals surface area contributed by atoms with Gasteiger partial charge in [0.15, 0.2) is 0 Å². The Labute approximate surface area is 150 Å². The van der Waals surface area contributed by atoms with Crippen molar-refractivity contribution >= 4 is 5.97 Å². The maximum atomic E-state index is 11.6. The lowest BCUT2D eigenvalue weighted by molar-refractivity contribution is -0.132. The highest BCUT2D eigenvalue weighted by Crippen LogP contribution is 2.50. The van der Waals surface area contributed by atoms with Crippen LogP contribution in [0.4, 0.5) is 0 Å². The number of hydrogen-bond acceptors (Lipinski definition) is 3. The van der Waals surface area contributed by atoms with Crippen LogP contribution in [0.3, 0.4) is 0 Å². The summed E-state index contributed by atoms with van der Waals surface area (Å²) < 4.78 is 12.0. The molecular formula is C22H26O3. The lowest BCUT2D eigenvalue weighted by Crippen LogP contribution is -2.42. The zero-order chi connectivity index (χ0) is 18.4. The first kappa shape index (κ1) is 17.5. The first-order chi connectivity index (χ1) is 11.6. The molecule has 3 heteroatoms. The van der Waals surface area contributed by atoms with Crippen molar-refractivity contribution in [3.05, 3.63) is 58.7 Å². The predicted octanol–water partition coefficient (Wildman–Crippen LogP) is 5.20. The molecule has 132 valence electrons. The van der Waals surface area contributed by atoms with Crippen LogP contribution in [0.15, 0.2) is 36.4 Å². The van der Waals surface area contributed by atoms with Gasteiger partial charge in [-0.1, -0.05) is 38.1 Å². The fourth-order valence-corrected chi connectivity index (χ4v) is 3.95. The van der Waals surface area contributed by atoms with Crippen LogP contribution < -0.4 is 9.47 Å². The third-order valence-electron chi connectivity index (χ3n) is 4.94. The van der Waals surface area contributed by atoms with Gasteiger partial charge in [-0.3, -0.25) is 4.79 Å². The van der Waals surface area contributed by atoms with Crippen molar-refractivity contribution in [3.63, 3.8) is 0 Å². The molecule has 0 N–H and O–H groups in total. The van der Waals surface area contributed by atoms with E-state index in [1.54, 1.807) is 0 Å². The molecule has 1 aliphatic rings. The Morgan fingerprint density at radius 2 is 1.60 bits per heavy atom.